The maximum absolute atomic E-state index is 12.3. The van der Waals surface area contributed by atoms with Gasteiger partial charge in [-0.1, -0.05) is 84.8 Å². The quantitative estimate of drug-likeness (QED) is 0.276. The molecule has 0 bridgehead atoms. The Labute approximate surface area is 146 Å². The summed E-state index contributed by atoms with van der Waals surface area (Å²) >= 11 is 1.65. The molecule has 0 aromatic heterocycles. The third kappa shape index (κ3) is 4.38. The van der Waals surface area contributed by atoms with E-state index in [-0.39, 0.29) is 11.0 Å². The molecule has 0 spiro atoms. The number of hydrogen-bond donors (Lipinski definition) is 0. The average molecular weight is 328 g/mol. The molecule has 2 heteroatoms. The highest BCUT2D eigenvalue weighted by Crippen LogP contribution is 2.34. The van der Waals surface area contributed by atoms with Crippen molar-refractivity contribution in [2.45, 2.75) is 10.1 Å². The number of ketones is 1. The van der Waals surface area contributed by atoms with E-state index >= 15 is 0 Å². The first-order valence-electron chi connectivity index (χ1n) is 7.70. The lowest BCUT2D eigenvalue weighted by atomic mass is 10.1. The van der Waals surface area contributed by atoms with E-state index in [0.29, 0.717) is 5.56 Å². The van der Waals surface area contributed by atoms with E-state index in [1.54, 1.807) is 23.9 Å². The topological polar surface area (TPSA) is 17.1 Å². The van der Waals surface area contributed by atoms with Crippen molar-refractivity contribution >= 4 is 17.5 Å². The summed E-state index contributed by atoms with van der Waals surface area (Å²) in [6.07, 6.45) is 0. The van der Waals surface area contributed by atoms with E-state index in [1.165, 1.54) is 0 Å². The maximum atomic E-state index is 12.3. The Morgan fingerprint density at radius 3 is 1.92 bits per heavy atom. The van der Waals surface area contributed by atoms with Crippen LogP contribution in [0.1, 0.15) is 21.2 Å². The van der Waals surface area contributed by atoms with E-state index in [0.717, 1.165) is 10.5 Å². The van der Waals surface area contributed by atoms with Gasteiger partial charge in [0.05, 0.1) is 5.25 Å². The number of hydrogen-bond acceptors (Lipinski definition) is 2. The molecule has 3 rings (SSSR count). The van der Waals surface area contributed by atoms with Gasteiger partial charge in [0.1, 0.15) is 0 Å². The van der Waals surface area contributed by atoms with Gasteiger partial charge in [-0.25, -0.2) is 0 Å². The second kappa shape index (κ2) is 8.19. The fourth-order valence-corrected chi connectivity index (χ4v) is 3.23. The Kier molecular flexibility index (Phi) is 5.50. The molecule has 0 N–H and O–H groups in total. The van der Waals surface area contributed by atoms with Crippen molar-refractivity contribution in [2.75, 3.05) is 0 Å². The smallest absolute Gasteiger partial charge is 0.235 e. The summed E-state index contributed by atoms with van der Waals surface area (Å²) < 4.78 is 0. The Bertz CT molecular complexity index is 846. The molecule has 3 aromatic rings. The second-order valence-electron chi connectivity index (χ2n) is 5.19. The summed E-state index contributed by atoms with van der Waals surface area (Å²) in [4.78, 5) is 13.4. The fourth-order valence-electron chi connectivity index (χ4n) is 2.24. The van der Waals surface area contributed by atoms with Crippen LogP contribution < -0.4 is 0 Å². The third-order valence-electron chi connectivity index (χ3n) is 3.45. The van der Waals surface area contributed by atoms with Gasteiger partial charge in [-0.05, 0) is 23.6 Å². The van der Waals surface area contributed by atoms with E-state index in [9.17, 15) is 4.79 Å². The zero-order chi connectivity index (χ0) is 16.6. The molecule has 0 saturated carbocycles. The van der Waals surface area contributed by atoms with Crippen LogP contribution in [0.15, 0.2) is 95.9 Å². The molecule has 0 aliphatic carbocycles. The predicted molar refractivity (Wildman–Crippen MR) is 100 cm³/mol. The monoisotopic (exact) mass is 328 g/mol. The molecule has 0 amide bonds. The third-order valence-corrected chi connectivity index (χ3v) is 4.62. The Morgan fingerprint density at radius 2 is 1.29 bits per heavy atom. The minimum Gasteiger partial charge on any atom is -0.279 e. The van der Waals surface area contributed by atoms with Crippen LogP contribution in [0, 0.1) is 11.8 Å². The van der Waals surface area contributed by atoms with Crippen molar-refractivity contribution in [2.24, 2.45) is 0 Å². The Morgan fingerprint density at radius 1 is 0.750 bits per heavy atom. The summed E-state index contributed by atoms with van der Waals surface area (Å²) in [7, 11) is 0. The van der Waals surface area contributed by atoms with Crippen LogP contribution in [-0.2, 0) is 0 Å². The number of thioether (sulfide) groups is 1. The summed E-state index contributed by atoms with van der Waals surface area (Å²) in [5.41, 5.74) is 1.72. The molecule has 0 heterocycles. The van der Waals surface area contributed by atoms with Crippen molar-refractivity contribution in [1.29, 1.82) is 0 Å². The van der Waals surface area contributed by atoms with Crippen molar-refractivity contribution in [3.05, 3.63) is 102 Å². The zero-order valence-corrected chi connectivity index (χ0v) is 13.9. The van der Waals surface area contributed by atoms with Gasteiger partial charge in [-0.15, -0.1) is 11.8 Å². The van der Waals surface area contributed by atoms with Gasteiger partial charge in [0.15, 0.2) is 0 Å². The second-order valence-corrected chi connectivity index (χ2v) is 6.36. The van der Waals surface area contributed by atoms with Gasteiger partial charge in [0.2, 0.25) is 5.78 Å². The van der Waals surface area contributed by atoms with Crippen molar-refractivity contribution < 1.29 is 4.79 Å². The SMILES string of the molecule is O=C(C#CC(Sc1ccccc1)c1ccccc1)c1ccccc1. The van der Waals surface area contributed by atoms with Gasteiger partial charge in [-0.3, -0.25) is 4.79 Å². The van der Waals surface area contributed by atoms with Gasteiger partial charge in [-0.2, -0.15) is 0 Å². The normalized spacial score (nSPS) is 11.2. The van der Waals surface area contributed by atoms with Crippen LogP contribution in [-0.4, -0.2) is 5.78 Å². The van der Waals surface area contributed by atoms with E-state index in [1.807, 2.05) is 66.7 Å². The van der Waals surface area contributed by atoms with Gasteiger partial charge >= 0.3 is 0 Å². The van der Waals surface area contributed by atoms with Crippen LogP contribution in [0.5, 0.6) is 0 Å². The molecule has 0 aliphatic rings. The number of rotatable bonds is 4. The minimum absolute atomic E-state index is 0.0822. The van der Waals surface area contributed by atoms with Crippen molar-refractivity contribution in [1.82, 2.24) is 0 Å². The first kappa shape index (κ1) is 16.1. The van der Waals surface area contributed by atoms with E-state index in [4.69, 9.17) is 0 Å². The van der Waals surface area contributed by atoms with Crippen LogP contribution in [0.3, 0.4) is 0 Å². The number of benzene rings is 3. The average Bonchev–Trinajstić information content (AvgIpc) is 2.67. The molecular formula is C22H16OS. The zero-order valence-electron chi connectivity index (χ0n) is 13.1. The molecule has 0 saturated heterocycles. The number of carbonyl (C=O) groups excluding carboxylic acids is 1. The molecule has 1 atom stereocenters. The molecular weight excluding hydrogens is 312 g/mol. The van der Waals surface area contributed by atoms with E-state index < -0.39 is 0 Å². The highest BCUT2D eigenvalue weighted by atomic mass is 32.2. The first-order valence-corrected chi connectivity index (χ1v) is 8.58. The van der Waals surface area contributed by atoms with Crippen LogP contribution in [0.4, 0.5) is 0 Å². The minimum atomic E-state index is -0.148. The summed E-state index contributed by atoms with van der Waals surface area (Å²) in [6, 6.07) is 29.4. The number of Topliss-reactive ketones (excluding diaryl/α,β-unsaturated/α-hetero) is 1. The maximum Gasteiger partial charge on any atom is 0.235 e. The van der Waals surface area contributed by atoms with Gasteiger partial charge in [0, 0.05) is 10.5 Å². The first-order chi connectivity index (χ1) is 11.8. The molecule has 24 heavy (non-hydrogen) atoms. The molecule has 3 aromatic carbocycles. The largest absolute Gasteiger partial charge is 0.279 e. The predicted octanol–water partition coefficient (Wildman–Crippen LogP) is 5.41. The molecule has 0 radical (unpaired) electrons. The summed E-state index contributed by atoms with van der Waals surface area (Å²) in [6.45, 7) is 0. The molecule has 0 aliphatic heterocycles. The van der Waals surface area contributed by atoms with Crippen LogP contribution in [0.2, 0.25) is 0 Å². The lowest BCUT2D eigenvalue weighted by Gasteiger charge is -2.10. The highest BCUT2D eigenvalue weighted by Gasteiger charge is 2.10. The van der Waals surface area contributed by atoms with Crippen molar-refractivity contribution in [3.63, 3.8) is 0 Å². The standard InChI is InChI=1S/C22H16OS/c23-21(18-10-4-1-5-11-18)16-17-22(19-12-6-2-7-13-19)24-20-14-8-3-9-15-20/h1-15,22H. The Hall–Kier alpha value is -2.76. The Balaban J connectivity index is 1.86. The molecule has 116 valence electrons. The summed E-state index contributed by atoms with van der Waals surface area (Å²) in [5, 5.41) is -0.0822. The van der Waals surface area contributed by atoms with Crippen molar-refractivity contribution in [3.8, 4) is 11.8 Å². The van der Waals surface area contributed by atoms with Crippen LogP contribution >= 0.6 is 11.8 Å². The van der Waals surface area contributed by atoms with E-state index in [2.05, 4.69) is 24.0 Å². The number of carbonyl (C=O) groups is 1. The molecule has 0 fully saturated rings. The molecule has 1 unspecified atom stereocenters. The highest BCUT2D eigenvalue weighted by molar-refractivity contribution is 7.99. The van der Waals surface area contributed by atoms with Gasteiger partial charge < -0.3 is 0 Å². The van der Waals surface area contributed by atoms with Gasteiger partial charge in [0.25, 0.3) is 0 Å². The lowest BCUT2D eigenvalue weighted by molar-refractivity contribution is 0.105. The molecule has 1 nitrogen and oxygen atoms in total. The van der Waals surface area contributed by atoms with Crippen LogP contribution in [0.25, 0.3) is 0 Å². The summed E-state index contributed by atoms with van der Waals surface area (Å²) in [5.74, 6) is 5.81. The fraction of sp³-hybridized carbons (Fsp3) is 0.0455. The lowest BCUT2D eigenvalue weighted by Crippen LogP contribution is -1.96.